The largest absolute Gasteiger partial charge is 0.346 e. The predicted octanol–water partition coefficient (Wildman–Crippen LogP) is 3.72. The average molecular weight is 588 g/mol. The van der Waals surface area contributed by atoms with Crippen LogP contribution in [0, 0.1) is 17.6 Å². The molecule has 1 spiro atoms. The van der Waals surface area contributed by atoms with Gasteiger partial charge in [0.2, 0.25) is 0 Å². The third kappa shape index (κ3) is 4.56. The number of carbonyl (C=O) groups is 1. The molecule has 3 aromatic rings. The number of hydrogen-bond donors (Lipinski definition) is 1. The van der Waals surface area contributed by atoms with Crippen molar-refractivity contribution in [2.45, 2.75) is 48.6 Å². The molecule has 2 fully saturated rings. The summed E-state index contributed by atoms with van der Waals surface area (Å²) in [5.74, 6) is -1.75. The fraction of sp³-hybridized carbons (Fsp3) is 0.357. The predicted molar refractivity (Wildman–Crippen MR) is 144 cm³/mol. The molecule has 12 heteroatoms. The fourth-order valence-electron chi connectivity index (χ4n) is 6.14. The second kappa shape index (κ2) is 9.62. The van der Waals surface area contributed by atoms with Gasteiger partial charge in [-0.2, -0.15) is 0 Å². The minimum absolute atomic E-state index is 0.0211. The van der Waals surface area contributed by atoms with E-state index in [1.54, 1.807) is 12.1 Å². The molecule has 3 aliphatic rings. The van der Waals surface area contributed by atoms with E-state index in [0.29, 0.717) is 11.3 Å². The van der Waals surface area contributed by atoms with E-state index in [2.05, 4.69) is 10.3 Å². The van der Waals surface area contributed by atoms with E-state index in [9.17, 15) is 30.4 Å². The minimum atomic E-state index is -4.14. The molecule has 1 saturated carbocycles. The molecular formula is C28H27F2N3O5S2. The Bertz CT molecular complexity index is 1690. The van der Waals surface area contributed by atoms with Crippen LogP contribution in [0.5, 0.6) is 0 Å². The van der Waals surface area contributed by atoms with E-state index in [1.807, 2.05) is 0 Å². The number of halogens is 2. The molecule has 210 valence electrons. The van der Waals surface area contributed by atoms with E-state index < -0.39 is 48.9 Å². The van der Waals surface area contributed by atoms with Gasteiger partial charge in [-0.05, 0) is 91.8 Å². The molecule has 40 heavy (non-hydrogen) atoms. The third-order valence-electron chi connectivity index (χ3n) is 8.26. The Morgan fingerprint density at radius 1 is 1.05 bits per heavy atom. The van der Waals surface area contributed by atoms with Crippen molar-refractivity contribution in [3.63, 3.8) is 0 Å². The lowest BCUT2D eigenvalue weighted by molar-refractivity contribution is 0.0950. The summed E-state index contributed by atoms with van der Waals surface area (Å²) in [4.78, 5) is 17.0. The van der Waals surface area contributed by atoms with Crippen molar-refractivity contribution < 1.29 is 30.4 Å². The SMILES string of the molecule is O=C(NCc1ncccc1F)c1ccc2c(c1)C1(CCS(=O)(=O)CC1)C(C1CC1)N2S(=O)(=O)c1ccc(F)cc1. The normalized spacial score (nSPS) is 21.2. The monoisotopic (exact) mass is 587 g/mol. The average Bonchev–Trinajstić information content (AvgIpc) is 3.73. The quantitative estimate of drug-likeness (QED) is 0.470. The molecule has 1 saturated heterocycles. The zero-order valence-electron chi connectivity index (χ0n) is 21.4. The molecule has 8 nitrogen and oxygen atoms in total. The summed E-state index contributed by atoms with van der Waals surface area (Å²) in [7, 11) is -7.43. The van der Waals surface area contributed by atoms with Crippen molar-refractivity contribution in [3.8, 4) is 0 Å². The molecule has 2 aliphatic heterocycles. The number of carbonyl (C=O) groups excluding carboxylic acids is 1. The molecule has 2 aromatic carbocycles. The number of aromatic nitrogens is 1. The lowest BCUT2D eigenvalue weighted by Crippen LogP contribution is -2.52. The lowest BCUT2D eigenvalue weighted by Gasteiger charge is -2.41. The number of rotatable bonds is 6. The number of amides is 1. The van der Waals surface area contributed by atoms with Crippen LogP contribution in [0.1, 0.15) is 47.3 Å². The van der Waals surface area contributed by atoms with Crippen LogP contribution in [0.15, 0.2) is 65.7 Å². The van der Waals surface area contributed by atoms with Gasteiger partial charge in [-0.25, -0.2) is 25.6 Å². The van der Waals surface area contributed by atoms with Crippen molar-refractivity contribution in [1.29, 1.82) is 0 Å². The van der Waals surface area contributed by atoms with Crippen LogP contribution in [0.3, 0.4) is 0 Å². The Hall–Kier alpha value is -3.38. The summed E-state index contributed by atoms with van der Waals surface area (Å²) in [5.41, 5.74) is 0.530. The third-order valence-corrected chi connectivity index (χ3v) is 11.7. The number of sulfone groups is 1. The van der Waals surface area contributed by atoms with Crippen LogP contribution in [-0.2, 0) is 31.8 Å². The number of pyridine rings is 1. The summed E-state index contributed by atoms with van der Waals surface area (Å²) in [6, 6.07) is 11.5. The summed E-state index contributed by atoms with van der Waals surface area (Å²) >= 11 is 0. The van der Waals surface area contributed by atoms with E-state index >= 15 is 0 Å². The first-order valence-electron chi connectivity index (χ1n) is 13.0. The Labute approximate surface area is 231 Å². The van der Waals surface area contributed by atoms with Crippen LogP contribution >= 0.6 is 0 Å². The Kier molecular flexibility index (Phi) is 6.45. The van der Waals surface area contributed by atoms with E-state index in [4.69, 9.17) is 0 Å². The summed E-state index contributed by atoms with van der Waals surface area (Å²) < 4.78 is 82.2. The van der Waals surface area contributed by atoms with Gasteiger partial charge in [0.25, 0.3) is 15.9 Å². The highest BCUT2D eigenvalue weighted by Crippen LogP contribution is 2.59. The first-order chi connectivity index (χ1) is 19.0. The Morgan fingerprint density at radius 2 is 1.75 bits per heavy atom. The van der Waals surface area contributed by atoms with Gasteiger partial charge in [-0.15, -0.1) is 0 Å². The van der Waals surface area contributed by atoms with E-state index in [0.717, 1.165) is 25.0 Å². The number of anilines is 1. The van der Waals surface area contributed by atoms with E-state index in [1.165, 1.54) is 40.8 Å². The molecule has 1 amide bonds. The Morgan fingerprint density at radius 3 is 2.40 bits per heavy atom. The van der Waals surface area contributed by atoms with Gasteiger partial charge >= 0.3 is 0 Å². The summed E-state index contributed by atoms with van der Waals surface area (Å²) in [5, 5.41) is 2.67. The first kappa shape index (κ1) is 26.8. The molecule has 0 bridgehead atoms. The van der Waals surface area contributed by atoms with Crippen molar-refractivity contribution >= 4 is 31.5 Å². The topological polar surface area (TPSA) is 114 Å². The lowest BCUT2D eigenvalue weighted by atomic mass is 9.70. The standard InChI is InChI=1S/C28H27F2N3O5S2/c29-20-6-8-21(9-7-20)40(37,38)33-25-10-5-19(27(34)32-17-24-23(30)2-1-13-31-24)16-22(25)28(26(33)18-3-4-18)11-14-39(35,36)15-12-28/h1-2,5-10,13,16,18,26H,3-4,11-12,14-15,17H2,(H,32,34). The first-order valence-corrected chi connectivity index (χ1v) is 16.3. The molecule has 1 aromatic heterocycles. The van der Waals surface area contributed by atoms with Gasteiger partial charge in [0.15, 0.2) is 0 Å². The maximum absolute atomic E-state index is 14.1. The van der Waals surface area contributed by atoms with Gasteiger partial charge in [0, 0.05) is 17.2 Å². The second-order valence-electron chi connectivity index (χ2n) is 10.7. The number of hydrogen-bond acceptors (Lipinski definition) is 6. The zero-order chi connectivity index (χ0) is 28.3. The van der Waals surface area contributed by atoms with Crippen LogP contribution in [0.2, 0.25) is 0 Å². The Balaban J connectivity index is 1.43. The summed E-state index contributed by atoms with van der Waals surface area (Å²) in [6.07, 6.45) is 3.47. The highest BCUT2D eigenvalue weighted by molar-refractivity contribution is 7.93. The molecule has 1 atom stereocenters. The van der Waals surface area contributed by atoms with Crippen molar-refractivity contribution in [2.75, 3.05) is 15.8 Å². The smallest absolute Gasteiger partial charge is 0.264 e. The van der Waals surface area contributed by atoms with Crippen LogP contribution in [0.4, 0.5) is 14.5 Å². The highest BCUT2D eigenvalue weighted by atomic mass is 32.2. The van der Waals surface area contributed by atoms with Crippen molar-refractivity contribution in [3.05, 3.63) is 89.2 Å². The molecule has 6 rings (SSSR count). The molecule has 0 radical (unpaired) electrons. The van der Waals surface area contributed by atoms with Crippen LogP contribution < -0.4 is 9.62 Å². The van der Waals surface area contributed by atoms with Crippen LogP contribution in [0.25, 0.3) is 0 Å². The van der Waals surface area contributed by atoms with Gasteiger partial charge in [-0.1, -0.05) is 0 Å². The van der Waals surface area contributed by atoms with Crippen molar-refractivity contribution in [1.82, 2.24) is 10.3 Å². The number of nitrogens with one attached hydrogen (secondary N) is 1. The maximum atomic E-state index is 14.1. The van der Waals surface area contributed by atoms with Gasteiger partial charge in [0.1, 0.15) is 21.5 Å². The number of benzene rings is 2. The zero-order valence-corrected chi connectivity index (χ0v) is 23.0. The van der Waals surface area contributed by atoms with Gasteiger partial charge in [-0.3, -0.25) is 14.1 Å². The summed E-state index contributed by atoms with van der Waals surface area (Å²) in [6.45, 7) is -0.137. The second-order valence-corrected chi connectivity index (χ2v) is 14.8. The number of fused-ring (bicyclic) bond motifs is 2. The maximum Gasteiger partial charge on any atom is 0.264 e. The molecule has 1 N–H and O–H groups in total. The van der Waals surface area contributed by atoms with E-state index in [-0.39, 0.29) is 53.0 Å². The minimum Gasteiger partial charge on any atom is -0.346 e. The fourth-order valence-corrected chi connectivity index (χ4v) is 9.49. The van der Waals surface area contributed by atoms with Crippen molar-refractivity contribution in [2.24, 2.45) is 5.92 Å². The molecule has 1 unspecified atom stereocenters. The number of sulfonamides is 1. The highest BCUT2D eigenvalue weighted by Gasteiger charge is 2.60. The molecule has 3 heterocycles. The van der Waals surface area contributed by atoms with Crippen LogP contribution in [-0.4, -0.2) is 45.3 Å². The van der Waals surface area contributed by atoms with Gasteiger partial charge in [0.05, 0.1) is 40.4 Å². The van der Waals surface area contributed by atoms with Gasteiger partial charge < -0.3 is 5.32 Å². The number of nitrogens with zero attached hydrogens (tertiary/aromatic N) is 2. The molecular weight excluding hydrogens is 560 g/mol. The molecule has 1 aliphatic carbocycles.